The van der Waals surface area contributed by atoms with Gasteiger partial charge in [0.05, 0.1) is 17.3 Å². The quantitative estimate of drug-likeness (QED) is 0.764. The number of halogens is 3. The second-order valence-corrected chi connectivity index (χ2v) is 4.69. The molecule has 0 radical (unpaired) electrons. The summed E-state index contributed by atoms with van der Waals surface area (Å²) in [4.78, 5) is 18.1. The highest BCUT2D eigenvalue weighted by molar-refractivity contribution is 6.04. The predicted molar refractivity (Wildman–Crippen MR) is 72.3 cm³/mol. The fourth-order valence-electron chi connectivity index (χ4n) is 1.97. The summed E-state index contributed by atoms with van der Waals surface area (Å²) in [5, 5.41) is 6.68. The predicted octanol–water partition coefficient (Wildman–Crippen LogP) is 2.57. The molecule has 2 N–H and O–H groups in total. The molecule has 3 rings (SSSR count). The summed E-state index contributed by atoms with van der Waals surface area (Å²) in [7, 11) is 1.67. The molecule has 3 aromatic rings. The number of H-pyrrole nitrogens is 1. The van der Waals surface area contributed by atoms with Gasteiger partial charge in [-0.1, -0.05) is 0 Å². The molecule has 0 atom stereocenters. The highest BCUT2D eigenvalue weighted by Crippen LogP contribution is 2.31. The van der Waals surface area contributed by atoms with E-state index >= 15 is 0 Å². The number of hydrogen-bond donors (Lipinski definition) is 2. The molecule has 1 amide bonds. The van der Waals surface area contributed by atoms with E-state index in [4.69, 9.17) is 0 Å². The van der Waals surface area contributed by atoms with Crippen molar-refractivity contribution in [1.29, 1.82) is 0 Å². The summed E-state index contributed by atoms with van der Waals surface area (Å²) in [6.45, 7) is 0. The number of aromatic nitrogens is 4. The molecule has 6 nitrogen and oxygen atoms in total. The Balaban J connectivity index is 1.87. The SMILES string of the molecule is Cn1cc(C(=O)Nc2cc3[nH]c(C(F)(F)F)cc3cn2)cn1. The number of nitrogens with one attached hydrogen (secondary N) is 2. The first kappa shape index (κ1) is 14.1. The Morgan fingerprint density at radius 2 is 2.09 bits per heavy atom. The highest BCUT2D eigenvalue weighted by Gasteiger charge is 2.32. The van der Waals surface area contributed by atoms with Crippen molar-refractivity contribution < 1.29 is 18.0 Å². The summed E-state index contributed by atoms with van der Waals surface area (Å²) in [6, 6.07) is 2.31. The Morgan fingerprint density at radius 3 is 2.73 bits per heavy atom. The molecule has 114 valence electrons. The number of aryl methyl sites for hydroxylation is 1. The molecule has 0 saturated carbocycles. The molecule has 0 aromatic carbocycles. The zero-order valence-electron chi connectivity index (χ0n) is 11.3. The Hall–Kier alpha value is -2.84. The maximum Gasteiger partial charge on any atom is 0.431 e. The molecular formula is C13H10F3N5O. The number of fused-ring (bicyclic) bond motifs is 1. The molecule has 0 saturated heterocycles. The third-order valence-electron chi connectivity index (χ3n) is 3.02. The standard InChI is InChI=1S/C13H10F3N5O/c1-21-6-8(5-18-21)12(22)20-11-3-9-7(4-17-11)2-10(19-9)13(14,15)16/h2-6,19H,1H3,(H,17,20,22). The normalized spacial score (nSPS) is 11.8. The van der Waals surface area contributed by atoms with Crippen LogP contribution in [0.15, 0.2) is 30.7 Å². The van der Waals surface area contributed by atoms with Crippen LogP contribution in [0.2, 0.25) is 0 Å². The first-order valence-electron chi connectivity index (χ1n) is 6.19. The molecule has 0 bridgehead atoms. The second-order valence-electron chi connectivity index (χ2n) is 4.69. The smallest absolute Gasteiger partial charge is 0.351 e. The van der Waals surface area contributed by atoms with Gasteiger partial charge in [0, 0.05) is 30.9 Å². The van der Waals surface area contributed by atoms with Crippen molar-refractivity contribution >= 4 is 22.6 Å². The fourth-order valence-corrected chi connectivity index (χ4v) is 1.97. The number of nitrogens with zero attached hydrogens (tertiary/aromatic N) is 3. The van der Waals surface area contributed by atoms with Crippen LogP contribution in [0.1, 0.15) is 16.1 Å². The van der Waals surface area contributed by atoms with Crippen LogP contribution in [0.25, 0.3) is 10.9 Å². The van der Waals surface area contributed by atoms with Gasteiger partial charge < -0.3 is 10.3 Å². The summed E-state index contributed by atoms with van der Waals surface area (Å²) < 4.78 is 39.4. The van der Waals surface area contributed by atoms with E-state index in [0.717, 1.165) is 6.07 Å². The number of amides is 1. The molecule has 0 fully saturated rings. The number of hydrogen-bond acceptors (Lipinski definition) is 3. The van der Waals surface area contributed by atoms with E-state index in [-0.39, 0.29) is 11.3 Å². The summed E-state index contributed by atoms with van der Waals surface area (Å²) in [5.74, 6) is -0.292. The van der Waals surface area contributed by atoms with Crippen molar-refractivity contribution in [3.63, 3.8) is 0 Å². The lowest BCUT2D eigenvalue weighted by atomic mass is 10.3. The van der Waals surface area contributed by atoms with Crippen molar-refractivity contribution in [2.45, 2.75) is 6.18 Å². The number of aromatic amines is 1. The number of pyridine rings is 1. The lowest BCUT2D eigenvalue weighted by Crippen LogP contribution is -2.12. The van der Waals surface area contributed by atoms with E-state index in [1.807, 2.05) is 0 Å². The van der Waals surface area contributed by atoms with Gasteiger partial charge in [0.1, 0.15) is 11.5 Å². The van der Waals surface area contributed by atoms with Crippen LogP contribution in [0.5, 0.6) is 0 Å². The average Bonchev–Trinajstić information content (AvgIpc) is 3.03. The monoisotopic (exact) mass is 309 g/mol. The number of anilines is 1. The Morgan fingerprint density at radius 1 is 1.32 bits per heavy atom. The number of rotatable bonds is 2. The van der Waals surface area contributed by atoms with Gasteiger partial charge in [0.15, 0.2) is 0 Å². The molecule has 22 heavy (non-hydrogen) atoms. The van der Waals surface area contributed by atoms with Gasteiger partial charge in [-0.2, -0.15) is 18.3 Å². The lowest BCUT2D eigenvalue weighted by Gasteiger charge is -2.02. The molecule has 3 aromatic heterocycles. The zero-order chi connectivity index (χ0) is 15.9. The first-order chi connectivity index (χ1) is 10.3. The minimum atomic E-state index is -4.46. The van der Waals surface area contributed by atoms with E-state index < -0.39 is 17.8 Å². The fraction of sp³-hybridized carbons (Fsp3) is 0.154. The summed E-state index contributed by atoms with van der Waals surface area (Å²) in [5.41, 5.74) is -0.296. The van der Waals surface area contributed by atoms with E-state index in [1.165, 1.54) is 29.3 Å². The zero-order valence-corrected chi connectivity index (χ0v) is 11.3. The van der Waals surface area contributed by atoms with Crippen molar-refractivity contribution in [3.8, 4) is 0 Å². The third kappa shape index (κ3) is 2.65. The van der Waals surface area contributed by atoms with E-state index in [2.05, 4.69) is 20.4 Å². The number of carbonyl (C=O) groups excluding carboxylic acids is 1. The Bertz CT molecular complexity index is 849. The minimum absolute atomic E-state index is 0.150. The van der Waals surface area contributed by atoms with Crippen molar-refractivity contribution in [2.75, 3.05) is 5.32 Å². The Kier molecular flexibility index (Phi) is 3.12. The minimum Gasteiger partial charge on any atom is -0.351 e. The van der Waals surface area contributed by atoms with E-state index in [0.29, 0.717) is 10.9 Å². The number of alkyl halides is 3. The maximum atomic E-state index is 12.6. The lowest BCUT2D eigenvalue weighted by molar-refractivity contribution is -0.140. The summed E-state index contributed by atoms with van der Waals surface area (Å²) in [6.07, 6.45) is -0.299. The molecule has 0 aliphatic heterocycles. The first-order valence-corrected chi connectivity index (χ1v) is 6.19. The van der Waals surface area contributed by atoms with Crippen molar-refractivity contribution in [1.82, 2.24) is 19.7 Å². The molecule has 0 aliphatic rings. The van der Waals surface area contributed by atoms with Gasteiger partial charge in [0.25, 0.3) is 5.91 Å². The van der Waals surface area contributed by atoms with Crippen LogP contribution in [0.3, 0.4) is 0 Å². The van der Waals surface area contributed by atoms with Crippen LogP contribution < -0.4 is 5.32 Å². The van der Waals surface area contributed by atoms with Gasteiger partial charge in [-0.15, -0.1) is 0 Å². The average molecular weight is 309 g/mol. The van der Waals surface area contributed by atoms with Crippen LogP contribution in [-0.4, -0.2) is 25.7 Å². The molecular weight excluding hydrogens is 299 g/mol. The van der Waals surface area contributed by atoms with Crippen LogP contribution in [-0.2, 0) is 13.2 Å². The second kappa shape index (κ2) is 4.86. The van der Waals surface area contributed by atoms with Crippen molar-refractivity contribution in [2.24, 2.45) is 7.05 Å². The van der Waals surface area contributed by atoms with Crippen LogP contribution in [0, 0.1) is 0 Å². The van der Waals surface area contributed by atoms with Crippen molar-refractivity contribution in [3.05, 3.63) is 42.0 Å². The van der Waals surface area contributed by atoms with Crippen LogP contribution >= 0.6 is 0 Å². The molecule has 3 heterocycles. The Labute approximate surface area is 122 Å². The van der Waals surface area contributed by atoms with Gasteiger partial charge in [0.2, 0.25) is 0 Å². The third-order valence-corrected chi connectivity index (χ3v) is 3.02. The molecule has 9 heteroatoms. The largest absolute Gasteiger partial charge is 0.431 e. The highest BCUT2D eigenvalue weighted by atomic mass is 19.4. The molecule has 0 aliphatic carbocycles. The maximum absolute atomic E-state index is 12.6. The van der Waals surface area contributed by atoms with Gasteiger partial charge in [-0.3, -0.25) is 9.48 Å². The molecule has 0 unspecified atom stereocenters. The van der Waals surface area contributed by atoms with Crippen LogP contribution in [0.4, 0.5) is 19.0 Å². The van der Waals surface area contributed by atoms with Gasteiger partial charge in [-0.25, -0.2) is 4.98 Å². The van der Waals surface area contributed by atoms with Gasteiger partial charge >= 0.3 is 6.18 Å². The molecule has 0 spiro atoms. The number of carbonyl (C=O) groups is 1. The summed E-state index contributed by atoms with van der Waals surface area (Å²) >= 11 is 0. The van der Waals surface area contributed by atoms with Gasteiger partial charge in [-0.05, 0) is 6.07 Å². The van der Waals surface area contributed by atoms with E-state index in [9.17, 15) is 18.0 Å². The topological polar surface area (TPSA) is 75.6 Å². The van der Waals surface area contributed by atoms with E-state index in [1.54, 1.807) is 7.05 Å².